The first-order valence-electron chi connectivity index (χ1n) is 6.23. The number of hydrogen-bond acceptors (Lipinski definition) is 5. The highest BCUT2D eigenvalue weighted by atomic mass is 32.1. The zero-order valence-electron chi connectivity index (χ0n) is 11.3. The van der Waals surface area contributed by atoms with Gasteiger partial charge in [-0.25, -0.2) is 4.98 Å². The van der Waals surface area contributed by atoms with Crippen LogP contribution in [0.5, 0.6) is 0 Å². The van der Waals surface area contributed by atoms with E-state index in [0.29, 0.717) is 0 Å². The van der Waals surface area contributed by atoms with Crippen molar-refractivity contribution in [3.63, 3.8) is 0 Å². The minimum atomic E-state index is 0.161. The molecular formula is C12H24N4S. The zero-order chi connectivity index (χ0) is 12.9. The molecule has 4 nitrogen and oxygen atoms in total. The molecule has 0 aliphatic carbocycles. The highest BCUT2D eigenvalue weighted by Crippen LogP contribution is 2.20. The van der Waals surface area contributed by atoms with Crippen LogP contribution < -0.4 is 11.1 Å². The standard InChI is InChI=1S/C12H24N4S/c1-5-6-10-15-11(17-16-10)14-8-9(13)7-12(2,3)4/h9H,5-8,13H2,1-4H3,(H,14,15,16). The summed E-state index contributed by atoms with van der Waals surface area (Å²) in [5, 5.41) is 4.15. The Kier molecular flexibility index (Phi) is 5.33. The molecule has 1 atom stereocenters. The molecule has 0 fully saturated rings. The topological polar surface area (TPSA) is 63.8 Å². The van der Waals surface area contributed by atoms with Gasteiger partial charge in [0.25, 0.3) is 0 Å². The summed E-state index contributed by atoms with van der Waals surface area (Å²) < 4.78 is 4.29. The average Bonchev–Trinajstić information content (AvgIpc) is 2.61. The lowest BCUT2D eigenvalue weighted by molar-refractivity contribution is 0.345. The summed E-state index contributed by atoms with van der Waals surface area (Å²) in [6, 6.07) is 0.161. The number of rotatable bonds is 6. The SMILES string of the molecule is CCCc1nsc(NCC(N)CC(C)(C)C)n1. The van der Waals surface area contributed by atoms with E-state index in [1.165, 1.54) is 11.5 Å². The van der Waals surface area contributed by atoms with Crippen LogP contribution in [0.3, 0.4) is 0 Å². The molecule has 0 radical (unpaired) electrons. The van der Waals surface area contributed by atoms with Crippen LogP contribution in [0.15, 0.2) is 0 Å². The lowest BCUT2D eigenvalue weighted by Gasteiger charge is -2.23. The number of aromatic nitrogens is 2. The van der Waals surface area contributed by atoms with Gasteiger partial charge in [0.1, 0.15) is 5.82 Å². The highest BCUT2D eigenvalue weighted by Gasteiger charge is 2.15. The zero-order valence-corrected chi connectivity index (χ0v) is 12.1. The fourth-order valence-electron chi connectivity index (χ4n) is 1.73. The van der Waals surface area contributed by atoms with Crippen LogP contribution in [0.25, 0.3) is 0 Å². The second-order valence-electron chi connectivity index (χ2n) is 5.67. The molecule has 0 bridgehead atoms. The van der Waals surface area contributed by atoms with Gasteiger partial charge in [0.15, 0.2) is 0 Å². The van der Waals surface area contributed by atoms with Gasteiger partial charge in [-0.05, 0) is 18.3 Å². The Labute approximate surface area is 108 Å². The fraction of sp³-hybridized carbons (Fsp3) is 0.833. The van der Waals surface area contributed by atoms with Crippen molar-refractivity contribution < 1.29 is 0 Å². The van der Waals surface area contributed by atoms with Crippen molar-refractivity contribution in [3.05, 3.63) is 5.82 Å². The van der Waals surface area contributed by atoms with Crippen LogP contribution >= 0.6 is 11.5 Å². The summed E-state index contributed by atoms with van der Waals surface area (Å²) in [4.78, 5) is 4.41. The molecule has 0 aromatic carbocycles. The average molecular weight is 256 g/mol. The van der Waals surface area contributed by atoms with Gasteiger partial charge >= 0.3 is 0 Å². The van der Waals surface area contributed by atoms with Crippen LogP contribution in [0.1, 0.15) is 46.4 Å². The third-order valence-corrected chi connectivity index (χ3v) is 3.04. The molecule has 1 aromatic rings. The van der Waals surface area contributed by atoms with Gasteiger partial charge in [-0.15, -0.1) is 0 Å². The van der Waals surface area contributed by atoms with Crippen LogP contribution in [0, 0.1) is 5.41 Å². The maximum Gasteiger partial charge on any atom is 0.202 e. The highest BCUT2D eigenvalue weighted by molar-refractivity contribution is 7.09. The Morgan fingerprint density at radius 2 is 2.12 bits per heavy atom. The maximum atomic E-state index is 6.07. The molecule has 0 spiro atoms. The van der Waals surface area contributed by atoms with Crippen molar-refractivity contribution in [2.75, 3.05) is 11.9 Å². The van der Waals surface area contributed by atoms with E-state index in [1.54, 1.807) is 0 Å². The molecule has 1 heterocycles. The Morgan fingerprint density at radius 1 is 1.41 bits per heavy atom. The molecule has 98 valence electrons. The van der Waals surface area contributed by atoms with E-state index in [0.717, 1.165) is 36.8 Å². The smallest absolute Gasteiger partial charge is 0.202 e. The molecule has 5 heteroatoms. The summed E-state index contributed by atoms with van der Waals surface area (Å²) in [7, 11) is 0. The van der Waals surface area contributed by atoms with Crippen molar-refractivity contribution in [1.29, 1.82) is 0 Å². The second-order valence-corrected chi connectivity index (χ2v) is 6.42. The van der Waals surface area contributed by atoms with E-state index < -0.39 is 0 Å². The first kappa shape index (κ1) is 14.4. The van der Waals surface area contributed by atoms with E-state index in [9.17, 15) is 0 Å². The lowest BCUT2D eigenvalue weighted by Crippen LogP contribution is -2.33. The maximum absolute atomic E-state index is 6.07. The predicted molar refractivity (Wildman–Crippen MR) is 74.4 cm³/mol. The summed E-state index contributed by atoms with van der Waals surface area (Å²) in [6.07, 6.45) is 3.03. The number of nitrogens with two attached hydrogens (primary N) is 1. The van der Waals surface area contributed by atoms with Gasteiger partial charge < -0.3 is 11.1 Å². The normalized spacial score (nSPS) is 13.7. The third-order valence-electron chi connectivity index (χ3n) is 2.33. The van der Waals surface area contributed by atoms with Crippen LogP contribution in [-0.4, -0.2) is 21.9 Å². The Morgan fingerprint density at radius 3 is 2.71 bits per heavy atom. The first-order chi connectivity index (χ1) is 7.90. The van der Waals surface area contributed by atoms with Crippen molar-refractivity contribution in [1.82, 2.24) is 9.36 Å². The van der Waals surface area contributed by atoms with E-state index in [-0.39, 0.29) is 11.5 Å². The Hall–Kier alpha value is -0.680. The molecule has 1 rings (SSSR count). The van der Waals surface area contributed by atoms with Gasteiger partial charge in [0, 0.05) is 30.5 Å². The largest absolute Gasteiger partial charge is 0.359 e. The fourth-order valence-corrected chi connectivity index (χ4v) is 2.35. The second kappa shape index (κ2) is 6.31. The molecule has 0 amide bonds. The van der Waals surface area contributed by atoms with Gasteiger partial charge in [-0.3, -0.25) is 0 Å². The lowest BCUT2D eigenvalue weighted by atomic mass is 9.88. The monoisotopic (exact) mass is 256 g/mol. The summed E-state index contributed by atoms with van der Waals surface area (Å²) in [5.41, 5.74) is 6.34. The van der Waals surface area contributed by atoms with E-state index in [2.05, 4.69) is 42.4 Å². The Bertz CT molecular complexity index is 329. The van der Waals surface area contributed by atoms with Crippen LogP contribution in [-0.2, 0) is 6.42 Å². The van der Waals surface area contributed by atoms with Gasteiger partial charge in [0.05, 0.1) is 0 Å². The van der Waals surface area contributed by atoms with Crippen molar-refractivity contribution in [3.8, 4) is 0 Å². The molecule has 0 saturated carbocycles. The van der Waals surface area contributed by atoms with Crippen molar-refractivity contribution >= 4 is 16.7 Å². The molecular weight excluding hydrogens is 232 g/mol. The van der Waals surface area contributed by atoms with Crippen molar-refractivity contribution in [2.45, 2.75) is 53.0 Å². The van der Waals surface area contributed by atoms with Crippen LogP contribution in [0.2, 0.25) is 0 Å². The van der Waals surface area contributed by atoms with E-state index >= 15 is 0 Å². The minimum absolute atomic E-state index is 0.161. The minimum Gasteiger partial charge on any atom is -0.359 e. The Balaban J connectivity index is 2.34. The molecule has 17 heavy (non-hydrogen) atoms. The number of aryl methyl sites for hydroxylation is 1. The number of nitrogens with one attached hydrogen (secondary N) is 1. The van der Waals surface area contributed by atoms with Gasteiger partial charge in [-0.1, -0.05) is 27.7 Å². The van der Waals surface area contributed by atoms with E-state index in [4.69, 9.17) is 5.73 Å². The quantitative estimate of drug-likeness (QED) is 0.821. The molecule has 0 aliphatic heterocycles. The van der Waals surface area contributed by atoms with Gasteiger partial charge in [-0.2, -0.15) is 4.37 Å². The number of nitrogens with zero attached hydrogens (tertiary/aromatic N) is 2. The first-order valence-corrected chi connectivity index (χ1v) is 7.00. The molecule has 1 unspecified atom stereocenters. The summed E-state index contributed by atoms with van der Waals surface area (Å²) in [5.74, 6) is 0.935. The predicted octanol–water partition coefficient (Wildman–Crippen LogP) is 2.67. The number of anilines is 1. The number of hydrogen-bond donors (Lipinski definition) is 2. The van der Waals surface area contributed by atoms with Crippen molar-refractivity contribution in [2.24, 2.45) is 11.1 Å². The molecule has 1 aromatic heterocycles. The summed E-state index contributed by atoms with van der Waals surface area (Å²) >= 11 is 1.42. The molecule has 0 aliphatic rings. The molecule has 0 saturated heterocycles. The van der Waals surface area contributed by atoms with Gasteiger partial charge in [0.2, 0.25) is 5.13 Å². The summed E-state index contributed by atoms with van der Waals surface area (Å²) in [6.45, 7) is 9.51. The van der Waals surface area contributed by atoms with E-state index in [1.807, 2.05) is 0 Å². The molecule has 3 N–H and O–H groups in total. The van der Waals surface area contributed by atoms with Crippen LogP contribution in [0.4, 0.5) is 5.13 Å². The third kappa shape index (κ3) is 5.98.